The maximum atomic E-state index is 12.1. The number of likely N-dealkylation sites (N-methyl/N-ethyl adjacent to an activating group) is 1. The Labute approximate surface area is 116 Å². The molecule has 0 radical (unpaired) electrons. The summed E-state index contributed by atoms with van der Waals surface area (Å²) < 4.78 is 5.12. The van der Waals surface area contributed by atoms with Crippen LogP contribution in [0.4, 0.5) is 0 Å². The van der Waals surface area contributed by atoms with Crippen molar-refractivity contribution in [3.63, 3.8) is 0 Å². The molecule has 2 amide bonds. The average Bonchev–Trinajstić information content (AvgIpc) is 3.05. The van der Waals surface area contributed by atoms with Crippen molar-refractivity contribution in [2.45, 2.75) is 6.04 Å². The van der Waals surface area contributed by atoms with Crippen molar-refractivity contribution >= 4 is 29.7 Å². The quantitative estimate of drug-likeness (QED) is 0.783. The summed E-state index contributed by atoms with van der Waals surface area (Å²) in [5.41, 5.74) is 0. The van der Waals surface area contributed by atoms with E-state index in [1.54, 1.807) is 55.2 Å². The first-order valence-corrected chi connectivity index (χ1v) is 7.06. The molecule has 0 aromatic carbocycles. The molecule has 1 aromatic heterocycles. The molecule has 0 saturated carbocycles. The van der Waals surface area contributed by atoms with E-state index in [0.29, 0.717) is 17.4 Å². The zero-order valence-electron chi connectivity index (χ0n) is 10.9. The number of thioether (sulfide) groups is 1. The van der Waals surface area contributed by atoms with Crippen LogP contribution in [0.25, 0.3) is 6.08 Å². The summed E-state index contributed by atoms with van der Waals surface area (Å²) in [7, 11) is 3.40. The third kappa shape index (κ3) is 3.20. The Kier molecular flexibility index (Phi) is 4.31. The topological polar surface area (TPSA) is 53.8 Å². The molecule has 1 aromatic rings. The molecule has 1 aliphatic rings. The molecule has 1 aliphatic heterocycles. The summed E-state index contributed by atoms with van der Waals surface area (Å²) in [5.74, 6) is 1.62. The molecular weight excluding hydrogens is 264 g/mol. The van der Waals surface area contributed by atoms with E-state index in [4.69, 9.17) is 4.42 Å². The molecule has 0 unspecified atom stereocenters. The van der Waals surface area contributed by atoms with Gasteiger partial charge in [-0.1, -0.05) is 0 Å². The molecule has 2 heterocycles. The fourth-order valence-corrected chi connectivity index (χ4v) is 2.95. The zero-order valence-corrected chi connectivity index (χ0v) is 11.7. The Morgan fingerprint density at radius 1 is 1.53 bits per heavy atom. The fourth-order valence-electron chi connectivity index (χ4n) is 1.80. The van der Waals surface area contributed by atoms with Gasteiger partial charge in [0.15, 0.2) is 0 Å². The molecule has 0 spiro atoms. The molecule has 2 rings (SSSR count). The van der Waals surface area contributed by atoms with Crippen molar-refractivity contribution < 1.29 is 14.0 Å². The van der Waals surface area contributed by atoms with Crippen molar-refractivity contribution in [2.75, 3.05) is 25.7 Å². The lowest BCUT2D eigenvalue weighted by Gasteiger charge is -2.24. The molecule has 19 heavy (non-hydrogen) atoms. The summed E-state index contributed by atoms with van der Waals surface area (Å²) in [5, 5.41) is 0. The van der Waals surface area contributed by atoms with Crippen molar-refractivity contribution in [3.05, 3.63) is 30.2 Å². The molecule has 1 atom stereocenters. The van der Waals surface area contributed by atoms with Gasteiger partial charge in [0.1, 0.15) is 11.8 Å². The maximum absolute atomic E-state index is 12.1. The van der Waals surface area contributed by atoms with E-state index in [0.717, 1.165) is 0 Å². The molecule has 6 heteroatoms. The Bertz CT molecular complexity index is 482. The summed E-state index contributed by atoms with van der Waals surface area (Å²) in [4.78, 5) is 27.2. The molecule has 0 N–H and O–H groups in total. The predicted molar refractivity (Wildman–Crippen MR) is 74.4 cm³/mol. The zero-order chi connectivity index (χ0) is 13.8. The lowest BCUT2D eigenvalue weighted by atomic mass is 10.2. The number of hydrogen-bond acceptors (Lipinski definition) is 4. The number of nitrogens with zero attached hydrogens (tertiary/aromatic N) is 2. The van der Waals surface area contributed by atoms with Crippen LogP contribution in [0.5, 0.6) is 0 Å². The Morgan fingerprint density at radius 2 is 2.32 bits per heavy atom. The number of rotatable bonds is 3. The Morgan fingerprint density at radius 3 is 2.95 bits per heavy atom. The summed E-state index contributed by atoms with van der Waals surface area (Å²) in [6.45, 7) is 0. The minimum atomic E-state index is -0.367. The first-order chi connectivity index (χ1) is 9.09. The molecule has 1 saturated heterocycles. The summed E-state index contributed by atoms with van der Waals surface area (Å²) in [6, 6.07) is 3.16. The van der Waals surface area contributed by atoms with Crippen LogP contribution in [-0.2, 0) is 9.59 Å². The van der Waals surface area contributed by atoms with Crippen LogP contribution in [0.15, 0.2) is 28.9 Å². The van der Waals surface area contributed by atoms with Crippen LogP contribution in [-0.4, -0.2) is 53.4 Å². The number of carbonyl (C=O) groups is 2. The Hall–Kier alpha value is -1.69. The van der Waals surface area contributed by atoms with Crippen molar-refractivity contribution in [1.82, 2.24) is 9.80 Å². The number of hydrogen-bond donors (Lipinski definition) is 0. The van der Waals surface area contributed by atoms with Gasteiger partial charge in [-0.25, -0.2) is 0 Å². The number of amides is 2. The van der Waals surface area contributed by atoms with Crippen LogP contribution in [0.3, 0.4) is 0 Å². The van der Waals surface area contributed by atoms with Gasteiger partial charge in [-0.2, -0.15) is 0 Å². The predicted octanol–water partition coefficient (Wildman–Crippen LogP) is 1.28. The van der Waals surface area contributed by atoms with Gasteiger partial charge in [-0.15, -0.1) is 11.8 Å². The molecular formula is C13H16N2O3S. The molecule has 5 nitrogen and oxygen atoms in total. The number of furan rings is 1. The minimum absolute atomic E-state index is 0.0373. The van der Waals surface area contributed by atoms with E-state index in [2.05, 4.69) is 0 Å². The Balaban J connectivity index is 2.04. The van der Waals surface area contributed by atoms with Crippen LogP contribution >= 0.6 is 11.8 Å². The molecule has 1 fully saturated rings. The van der Waals surface area contributed by atoms with Gasteiger partial charge in [0.2, 0.25) is 11.8 Å². The van der Waals surface area contributed by atoms with Gasteiger partial charge < -0.3 is 14.2 Å². The van der Waals surface area contributed by atoms with Gasteiger partial charge in [-0.3, -0.25) is 9.59 Å². The minimum Gasteiger partial charge on any atom is -0.465 e. The van der Waals surface area contributed by atoms with E-state index >= 15 is 0 Å². The van der Waals surface area contributed by atoms with Gasteiger partial charge >= 0.3 is 0 Å². The lowest BCUT2D eigenvalue weighted by molar-refractivity contribution is -0.139. The maximum Gasteiger partial charge on any atom is 0.248 e. The highest BCUT2D eigenvalue weighted by Gasteiger charge is 2.34. The fraction of sp³-hybridized carbons (Fsp3) is 0.385. The second kappa shape index (κ2) is 5.97. The average molecular weight is 280 g/mol. The smallest absolute Gasteiger partial charge is 0.248 e. The molecule has 102 valence electrons. The van der Waals surface area contributed by atoms with Gasteiger partial charge in [0.25, 0.3) is 0 Å². The van der Waals surface area contributed by atoms with Crippen molar-refractivity contribution in [3.8, 4) is 0 Å². The van der Waals surface area contributed by atoms with Crippen LogP contribution < -0.4 is 0 Å². The number of carbonyl (C=O) groups excluding carboxylic acids is 2. The normalized spacial score (nSPS) is 19.1. The van der Waals surface area contributed by atoms with E-state index in [-0.39, 0.29) is 17.9 Å². The third-order valence-electron chi connectivity index (χ3n) is 2.82. The van der Waals surface area contributed by atoms with Gasteiger partial charge in [0, 0.05) is 25.9 Å². The van der Waals surface area contributed by atoms with Crippen LogP contribution in [0, 0.1) is 0 Å². The third-order valence-corrected chi connectivity index (χ3v) is 3.84. The largest absolute Gasteiger partial charge is 0.465 e. The molecule has 0 bridgehead atoms. The summed E-state index contributed by atoms with van der Waals surface area (Å²) in [6.07, 6.45) is 4.61. The van der Waals surface area contributed by atoms with E-state index < -0.39 is 0 Å². The summed E-state index contributed by atoms with van der Waals surface area (Å²) >= 11 is 1.59. The monoisotopic (exact) mass is 280 g/mol. The molecule has 0 aliphatic carbocycles. The van der Waals surface area contributed by atoms with E-state index in [9.17, 15) is 9.59 Å². The standard InChI is InChI=1S/C13H16N2O3S/c1-14(2)13(17)11-8-19-9-15(11)12(16)6-5-10-4-3-7-18-10/h3-7,11H,8-9H2,1-2H3/b6-5+/t11-/m1/s1. The first-order valence-electron chi connectivity index (χ1n) is 5.90. The highest BCUT2D eigenvalue weighted by molar-refractivity contribution is 7.99. The SMILES string of the molecule is CN(C)C(=O)[C@H]1CSCN1C(=O)/C=C/c1ccco1. The second-order valence-corrected chi connectivity index (χ2v) is 5.40. The van der Waals surface area contributed by atoms with E-state index in [1.165, 1.54) is 11.0 Å². The highest BCUT2D eigenvalue weighted by Crippen LogP contribution is 2.22. The lowest BCUT2D eigenvalue weighted by Crippen LogP contribution is -2.46. The van der Waals surface area contributed by atoms with Gasteiger partial charge in [0.05, 0.1) is 12.1 Å². The van der Waals surface area contributed by atoms with Crippen molar-refractivity contribution in [1.29, 1.82) is 0 Å². The van der Waals surface area contributed by atoms with Crippen molar-refractivity contribution in [2.24, 2.45) is 0 Å². The highest BCUT2D eigenvalue weighted by atomic mass is 32.2. The van der Waals surface area contributed by atoms with E-state index in [1.807, 2.05) is 0 Å². The van der Waals surface area contributed by atoms with Crippen LogP contribution in [0.1, 0.15) is 5.76 Å². The van der Waals surface area contributed by atoms with Crippen LogP contribution in [0.2, 0.25) is 0 Å². The first kappa shape index (κ1) is 13.7. The second-order valence-electron chi connectivity index (χ2n) is 4.41. The van der Waals surface area contributed by atoms with Gasteiger partial charge in [-0.05, 0) is 18.2 Å².